The standard InChI is InChI=1S/C15H26N2S2/c1-5-9-16-13-12(7-6-8-15(13,3)4)19-14-17-11(2)10-18-14/h10,12-13,16H,5-9H2,1-4H3. The third kappa shape index (κ3) is 3.96. The van der Waals surface area contributed by atoms with Crippen LogP contribution in [-0.4, -0.2) is 22.8 Å². The van der Waals surface area contributed by atoms with Gasteiger partial charge in [-0.3, -0.25) is 0 Å². The molecule has 0 aromatic carbocycles. The highest BCUT2D eigenvalue weighted by Gasteiger charge is 2.39. The van der Waals surface area contributed by atoms with Crippen LogP contribution in [0.25, 0.3) is 0 Å². The average molecular weight is 299 g/mol. The maximum Gasteiger partial charge on any atom is 0.150 e. The van der Waals surface area contributed by atoms with E-state index in [-0.39, 0.29) is 0 Å². The molecule has 2 nitrogen and oxygen atoms in total. The monoisotopic (exact) mass is 298 g/mol. The molecule has 0 amide bonds. The fraction of sp³-hybridized carbons (Fsp3) is 0.800. The molecule has 0 aliphatic heterocycles. The third-order valence-electron chi connectivity index (χ3n) is 3.99. The van der Waals surface area contributed by atoms with E-state index >= 15 is 0 Å². The molecule has 108 valence electrons. The first-order valence-corrected chi connectivity index (χ1v) is 9.11. The van der Waals surface area contributed by atoms with E-state index in [1.807, 2.05) is 11.8 Å². The highest BCUT2D eigenvalue weighted by molar-refractivity contribution is 8.01. The summed E-state index contributed by atoms with van der Waals surface area (Å²) < 4.78 is 1.24. The number of aromatic nitrogens is 1. The number of aryl methyl sites for hydroxylation is 1. The summed E-state index contributed by atoms with van der Waals surface area (Å²) in [7, 11) is 0. The lowest BCUT2D eigenvalue weighted by atomic mass is 9.73. The quantitative estimate of drug-likeness (QED) is 0.867. The van der Waals surface area contributed by atoms with Gasteiger partial charge in [0.1, 0.15) is 4.34 Å². The smallest absolute Gasteiger partial charge is 0.150 e. The molecular weight excluding hydrogens is 272 g/mol. The van der Waals surface area contributed by atoms with Crippen LogP contribution in [0.15, 0.2) is 9.72 Å². The van der Waals surface area contributed by atoms with E-state index in [4.69, 9.17) is 0 Å². The molecule has 1 fully saturated rings. The van der Waals surface area contributed by atoms with Gasteiger partial charge in [-0.15, -0.1) is 11.3 Å². The molecular formula is C15H26N2S2. The number of hydrogen-bond donors (Lipinski definition) is 1. The van der Waals surface area contributed by atoms with Gasteiger partial charge in [0.25, 0.3) is 0 Å². The van der Waals surface area contributed by atoms with Crippen LogP contribution in [0.5, 0.6) is 0 Å². The summed E-state index contributed by atoms with van der Waals surface area (Å²) >= 11 is 3.78. The van der Waals surface area contributed by atoms with Crippen LogP contribution in [0.1, 0.15) is 52.1 Å². The molecule has 0 saturated heterocycles. The molecule has 1 aromatic rings. The van der Waals surface area contributed by atoms with Crippen LogP contribution in [0.4, 0.5) is 0 Å². The fourth-order valence-electron chi connectivity index (χ4n) is 2.93. The summed E-state index contributed by atoms with van der Waals surface area (Å²) in [6.45, 7) is 10.3. The van der Waals surface area contributed by atoms with Gasteiger partial charge in [-0.2, -0.15) is 0 Å². The minimum absolute atomic E-state index is 0.400. The van der Waals surface area contributed by atoms with E-state index in [9.17, 15) is 0 Å². The third-order valence-corrected chi connectivity index (χ3v) is 6.42. The molecule has 2 rings (SSSR count). The number of hydrogen-bond acceptors (Lipinski definition) is 4. The predicted molar refractivity (Wildman–Crippen MR) is 86.2 cm³/mol. The molecule has 1 heterocycles. The van der Waals surface area contributed by atoms with Crippen molar-refractivity contribution in [1.29, 1.82) is 0 Å². The second kappa shape index (κ2) is 6.59. The number of nitrogens with one attached hydrogen (secondary N) is 1. The summed E-state index contributed by atoms with van der Waals surface area (Å²) in [5.74, 6) is 0. The van der Waals surface area contributed by atoms with Gasteiger partial charge in [-0.25, -0.2) is 4.98 Å². The summed E-state index contributed by atoms with van der Waals surface area (Å²) in [4.78, 5) is 4.62. The Labute approximate surface area is 125 Å². The fourth-order valence-corrected chi connectivity index (χ4v) is 5.53. The Morgan fingerprint density at radius 3 is 2.95 bits per heavy atom. The molecule has 0 spiro atoms. The Hall–Kier alpha value is -0.0600. The normalized spacial score (nSPS) is 26.5. The summed E-state index contributed by atoms with van der Waals surface area (Å²) in [6, 6.07) is 0.607. The van der Waals surface area contributed by atoms with Crippen molar-refractivity contribution >= 4 is 23.1 Å². The lowest BCUT2D eigenvalue weighted by Gasteiger charge is -2.44. The van der Waals surface area contributed by atoms with Crippen LogP contribution in [0.2, 0.25) is 0 Å². The molecule has 1 saturated carbocycles. The number of thiazole rings is 1. The minimum Gasteiger partial charge on any atom is -0.312 e. The number of rotatable bonds is 5. The van der Waals surface area contributed by atoms with E-state index in [0.29, 0.717) is 16.7 Å². The molecule has 1 aliphatic carbocycles. The molecule has 19 heavy (non-hydrogen) atoms. The van der Waals surface area contributed by atoms with E-state index in [2.05, 4.69) is 43.4 Å². The predicted octanol–water partition coefficient (Wildman–Crippen LogP) is 4.49. The van der Waals surface area contributed by atoms with Gasteiger partial charge in [0.2, 0.25) is 0 Å². The number of thioether (sulfide) groups is 1. The van der Waals surface area contributed by atoms with Gasteiger partial charge in [-0.1, -0.05) is 39.0 Å². The largest absolute Gasteiger partial charge is 0.312 e. The van der Waals surface area contributed by atoms with Crippen LogP contribution < -0.4 is 5.32 Å². The van der Waals surface area contributed by atoms with Crippen molar-refractivity contribution in [2.24, 2.45) is 5.41 Å². The van der Waals surface area contributed by atoms with E-state index < -0.39 is 0 Å². The summed E-state index contributed by atoms with van der Waals surface area (Å²) in [6.07, 6.45) is 5.20. The van der Waals surface area contributed by atoms with Crippen molar-refractivity contribution in [2.45, 2.75) is 69.0 Å². The Morgan fingerprint density at radius 2 is 2.32 bits per heavy atom. The van der Waals surface area contributed by atoms with Gasteiger partial charge >= 0.3 is 0 Å². The minimum atomic E-state index is 0.400. The highest BCUT2D eigenvalue weighted by Crippen LogP contribution is 2.43. The van der Waals surface area contributed by atoms with Crippen LogP contribution in [0.3, 0.4) is 0 Å². The van der Waals surface area contributed by atoms with Gasteiger partial charge in [0.15, 0.2) is 0 Å². The van der Waals surface area contributed by atoms with E-state index in [1.165, 1.54) is 30.0 Å². The van der Waals surface area contributed by atoms with E-state index in [1.54, 1.807) is 11.3 Å². The first-order valence-electron chi connectivity index (χ1n) is 7.35. The second-order valence-electron chi connectivity index (χ2n) is 6.22. The molecule has 0 radical (unpaired) electrons. The lowest BCUT2D eigenvalue weighted by molar-refractivity contribution is 0.175. The Morgan fingerprint density at radius 1 is 1.53 bits per heavy atom. The van der Waals surface area contributed by atoms with Crippen LogP contribution in [-0.2, 0) is 0 Å². The molecule has 1 aromatic heterocycles. The molecule has 1 aliphatic rings. The summed E-state index contributed by atoms with van der Waals surface area (Å²) in [5, 5.41) is 6.62. The number of nitrogens with zero attached hydrogens (tertiary/aromatic N) is 1. The molecule has 1 N–H and O–H groups in total. The van der Waals surface area contributed by atoms with Crippen molar-refractivity contribution in [3.8, 4) is 0 Å². The van der Waals surface area contributed by atoms with Crippen molar-refractivity contribution in [3.63, 3.8) is 0 Å². The maximum atomic E-state index is 4.62. The molecule has 2 atom stereocenters. The maximum absolute atomic E-state index is 4.62. The first kappa shape index (κ1) is 15.3. The first-order chi connectivity index (χ1) is 9.03. The summed E-state index contributed by atoms with van der Waals surface area (Å²) in [5.41, 5.74) is 1.55. The topological polar surface area (TPSA) is 24.9 Å². The molecule has 0 bridgehead atoms. The Kier molecular flexibility index (Phi) is 5.32. The SMILES string of the molecule is CCCNC1C(Sc2nc(C)cs2)CCCC1(C)C. The van der Waals surface area contributed by atoms with Gasteiger partial charge in [0.05, 0.1) is 0 Å². The average Bonchev–Trinajstić information content (AvgIpc) is 2.73. The Balaban J connectivity index is 2.06. The van der Waals surface area contributed by atoms with Gasteiger partial charge in [0, 0.05) is 22.4 Å². The zero-order chi connectivity index (χ0) is 13.9. The van der Waals surface area contributed by atoms with Crippen molar-refractivity contribution in [3.05, 3.63) is 11.1 Å². The van der Waals surface area contributed by atoms with E-state index in [0.717, 1.165) is 12.2 Å². The van der Waals surface area contributed by atoms with Crippen molar-refractivity contribution < 1.29 is 0 Å². The van der Waals surface area contributed by atoms with Crippen molar-refractivity contribution in [1.82, 2.24) is 10.3 Å². The molecule has 2 unspecified atom stereocenters. The highest BCUT2D eigenvalue weighted by atomic mass is 32.2. The lowest BCUT2D eigenvalue weighted by Crippen LogP contribution is -2.51. The van der Waals surface area contributed by atoms with Crippen LogP contribution in [0, 0.1) is 12.3 Å². The second-order valence-corrected chi connectivity index (χ2v) is 8.57. The Bertz CT molecular complexity index is 401. The van der Waals surface area contributed by atoms with Crippen molar-refractivity contribution in [2.75, 3.05) is 6.54 Å². The van der Waals surface area contributed by atoms with Crippen LogP contribution >= 0.6 is 23.1 Å². The zero-order valence-electron chi connectivity index (χ0n) is 12.5. The van der Waals surface area contributed by atoms with Gasteiger partial charge in [-0.05, 0) is 38.1 Å². The zero-order valence-corrected chi connectivity index (χ0v) is 14.2. The molecule has 4 heteroatoms. The van der Waals surface area contributed by atoms with Gasteiger partial charge < -0.3 is 5.32 Å².